The molecule has 6 nitrogen and oxygen atoms in total. The number of hydrogen-bond donors (Lipinski definition) is 2. The molecule has 0 aromatic carbocycles. The molecule has 1 heterocycles. The van der Waals surface area contributed by atoms with Crippen LogP contribution in [-0.2, 0) is 14.4 Å². The second-order valence-electron chi connectivity index (χ2n) is 12.0. The fourth-order valence-corrected chi connectivity index (χ4v) is 9.34. The van der Waals surface area contributed by atoms with Crippen LogP contribution in [0.25, 0.3) is 0 Å². The van der Waals surface area contributed by atoms with Gasteiger partial charge in [0.25, 0.3) is 0 Å². The smallest absolute Gasteiger partial charge is 0.309 e. The van der Waals surface area contributed by atoms with Crippen LogP contribution in [0.5, 0.6) is 0 Å². The molecule has 6 aliphatic rings. The van der Waals surface area contributed by atoms with E-state index in [1.165, 1.54) is 10.5 Å². The summed E-state index contributed by atoms with van der Waals surface area (Å²) in [7, 11) is 0. The quantitative estimate of drug-likeness (QED) is 0.512. The maximum Gasteiger partial charge on any atom is 0.309 e. The number of fused-ring (bicyclic) bond motifs is 1. The van der Waals surface area contributed by atoms with E-state index in [1.54, 1.807) is 0 Å². The Balaban J connectivity index is 1.65. The van der Waals surface area contributed by atoms with Gasteiger partial charge < -0.3 is 10.2 Å². The third-order valence-electron chi connectivity index (χ3n) is 10.6. The summed E-state index contributed by atoms with van der Waals surface area (Å²) in [4.78, 5) is 40.7. The van der Waals surface area contributed by atoms with Crippen molar-refractivity contribution in [3.05, 3.63) is 11.6 Å². The van der Waals surface area contributed by atoms with Crippen molar-refractivity contribution in [1.82, 2.24) is 4.90 Å². The molecule has 2 N–H and O–H groups in total. The molecule has 176 valence electrons. The molecule has 0 radical (unpaired) electrons. The van der Waals surface area contributed by atoms with Crippen LogP contribution in [0, 0.1) is 51.8 Å². The Morgan fingerprint density at radius 1 is 1.16 bits per heavy atom. The fourth-order valence-electron chi connectivity index (χ4n) is 9.34. The number of carbonyl (C=O) groups excluding carboxylic acids is 2. The number of rotatable bonds is 4. The summed E-state index contributed by atoms with van der Waals surface area (Å²) in [5.41, 5.74) is 0.0547. The van der Waals surface area contributed by atoms with Gasteiger partial charge in [-0.25, -0.2) is 0 Å². The SMILES string of the molecule is CC(C)C1=C[C@]23CC[C@H]4[C@](C)(CCC[C@@]4(C)C(=O)O)[C@@H]2C[C@@H]1[C@H]1C(=O)N(CCO)C(=O)[C@H]13. The number of amides is 2. The summed E-state index contributed by atoms with van der Waals surface area (Å²) in [6.07, 6.45) is 7.42. The molecule has 4 fully saturated rings. The molecule has 8 atom stereocenters. The van der Waals surface area contributed by atoms with E-state index < -0.39 is 11.4 Å². The van der Waals surface area contributed by atoms with Crippen molar-refractivity contribution >= 4 is 17.8 Å². The van der Waals surface area contributed by atoms with Gasteiger partial charge in [0.2, 0.25) is 11.8 Å². The Morgan fingerprint density at radius 3 is 2.50 bits per heavy atom. The highest BCUT2D eigenvalue weighted by molar-refractivity contribution is 6.06. The van der Waals surface area contributed by atoms with Crippen molar-refractivity contribution < 1.29 is 24.6 Å². The summed E-state index contributed by atoms with van der Waals surface area (Å²) in [6, 6.07) is 0. The maximum atomic E-state index is 13.6. The normalized spacial score (nSPS) is 47.2. The molecule has 6 rings (SSSR count). The molecule has 5 aliphatic carbocycles. The third kappa shape index (κ3) is 2.48. The number of nitrogens with zero attached hydrogens (tertiary/aromatic N) is 1. The number of allylic oxidation sites excluding steroid dienone is 2. The van der Waals surface area contributed by atoms with Crippen molar-refractivity contribution in [1.29, 1.82) is 0 Å². The zero-order chi connectivity index (χ0) is 23.2. The molecule has 1 saturated heterocycles. The van der Waals surface area contributed by atoms with Crippen LogP contribution in [0.4, 0.5) is 0 Å². The van der Waals surface area contributed by atoms with Crippen molar-refractivity contribution in [3.63, 3.8) is 0 Å². The summed E-state index contributed by atoms with van der Waals surface area (Å²) < 4.78 is 0. The Bertz CT molecular complexity index is 910. The first-order valence-corrected chi connectivity index (χ1v) is 12.4. The third-order valence-corrected chi connectivity index (χ3v) is 10.6. The number of aliphatic hydroxyl groups is 1. The van der Waals surface area contributed by atoms with E-state index in [9.17, 15) is 24.6 Å². The molecule has 6 heteroatoms. The predicted molar refractivity (Wildman–Crippen MR) is 118 cm³/mol. The first-order chi connectivity index (χ1) is 15.0. The summed E-state index contributed by atoms with van der Waals surface area (Å²) in [6.45, 7) is 8.44. The largest absolute Gasteiger partial charge is 0.481 e. The van der Waals surface area contributed by atoms with Gasteiger partial charge in [-0.3, -0.25) is 19.3 Å². The predicted octanol–water partition coefficient (Wildman–Crippen LogP) is 3.49. The number of hydrogen-bond acceptors (Lipinski definition) is 4. The van der Waals surface area contributed by atoms with E-state index in [0.717, 1.165) is 32.1 Å². The lowest BCUT2D eigenvalue weighted by Crippen LogP contribution is -2.65. The van der Waals surface area contributed by atoms with Crippen LogP contribution in [0.3, 0.4) is 0 Å². The van der Waals surface area contributed by atoms with Gasteiger partial charge in [-0.15, -0.1) is 0 Å². The van der Waals surface area contributed by atoms with E-state index in [4.69, 9.17) is 0 Å². The first kappa shape index (κ1) is 22.1. The Hall–Kier alpha value is -1.69. The van der Waals surface area contributed by atoms with Gasteiger partial charge >= 0.3 is 5.97 Å². The monoisotopic (exact) mass is 443 g/mol. The van der Waals surface area contributed by atoms with Crippen molar-refractivity contribution in [2.75, 3.05) is 13.2 Å². The second-order valence-corrected chi connectivity index (χ2v) is 12.0. The van der Waals surface area contributed by atoms with Gasteiger partial charge in [-0.05, 0) is 68.1 Å². The maximum absolute atomic E-state index is 13.6. The molecule has 2 amide bonds. The van der Waals surface area contributed by atoms with E-state index in [0.29, 0.717) is 12.3 Å². The van der Waals surface area contributed by atoms with Crippen LogP contribution < -0.4 is 0 Å². The lowest BCUT2D eigenvalue weighted by atomic mass is 9.34. The summed E-state index contributed by atoms with van der Waals surface area (Å²) >= 11 is 0. The van der Waals surface area contributed by atoms with Crippen molar-refractivity contribution in [3.8, 4) is 0 Å². The lowest BCUT2D eigenvalue weighted by molar-refractivity contribution is -0.194. The molecule has 3 saturated carbocycles. The van der Waals surface area contributed by atoms with E-state index in [-0.39, 0.29) is 65.4 Å². The Morgan fingerprint density at radius 2 is 1.88 bits per heavy atom. The van der Waals surface area contributed by atoms with Gasteiger partial charge in [0, 0.05) is 5.41 Å². The molecular weight excluding hydrogens is 406 g/mol. The number of aliphatic hydroxyl groups excluding tert-OH is 1. The molecular formula is C26H37NO5. The molecule has 1 aliphatic heterocycles. The molecule has 0 aromatic rings. The minimum absolute atomic E-state index is 0.0422. The standard InChI is InChI=1S/C26H37NO5/c1-14(2)16-13-26-9-6-17-24(3,7-5-8-25(17,4)23(31)32)18(26)12-15(16)19-20(26)22(30)27(10-11-28)21(19)29/h13-15,17-20,28H,5-12H2,1-4H3,(H,31,32)/t15-,17-,18-,19+,20-,24-,25+,26+/m0/s1. The molecule has 1 spiro atoms. The molecule has 0 aromatic heterocycles. The van der Waals surface area contributed by atoms with Gasteiger partial charge in [-0.2, -0.15) is 0 Å². The summed E-state index contributed by atoms with van der Waals surface area (Å²) in [5, 5.41) is 19.7. The van der Waals surface area contributed by atoms with Crippen molar-refractivity contribution in [2.24, 2.45) is 51.8 Å². The minimum Gasteiger partial charge on any atom is -0.481 e. The lowest BCUT2D eigenvalue weighted by Gasteiger charge is -2.68. The van der Waals surface area contributed by atoms with E-state index >= 15 is 0 Å². The number of carbonyl (C=O) groups is 3. The number of likely N-dealkylation sites (tertiary alicyclic amines) is 1. The number of imide groups is 1. The topological polar surface area (TPSA) is 94.9 Å². The highest BCUT2D eigenvalue weighted by Gasteiger charge is 2.73. The van der Waals surface area contributed by atoms with Gasteiger partial charge in [0.1, 0.15) is 0 Å². The van der Waals surface area contributed by atoms with Crippen LogP contribution in [0.15, 0.2) is 11.6 Å². The average Bonchev–Trinajstić information content (AvgIpc) is 3.00. The fraction of sp³-hybridized carbons (Fsp3) is 0.808. The second kappa shape index (κ2) is 6.91. The van der Waals surface area contributed by atoms with Crippen molar-refractivity contribution in [2.45, 2.75) is 66.2 Å². The van der Waals surface area contributed by atoms with Gasteiger partial charge in [0.05, 0.1) is 30.4 Å². The Kier molecular flexibility index (Phi) is 4.78. The van der Waals surface area contributed by atoms with E-state index in [1.807, 2.05) is 6.92 Å². The minimum atomic E-state index is -0.728. The number of carboxylic acids is 1. The number of carboxylic acid groups (broad SMARTS) is 1. The number of β-amino-alcohol motifs (C(OH)–C–C–N with tert-alkyl or cyclic N) is 1. The van der Waals surface area contributed by atoms with Gasteiger partial charge in [0.15, 0.2) is 0 Å². The zero-order valence-electron chi connectivity index (χ0n) is 19.8. The van der Waals surface area contributed by atoms with Crippen LogP contribution in [0.2, 0.25) is 0 Å². The van der Waals surface area contributed by atoms with Crippen LogP contribution in [-0.4, -0.2) is 46.0 Å². The molecule has 0 unspecified atom stereocenters. The summed E-state index contributed by atoms with van der Waals surface area (Å²) in [5.74, 6) is -0.918. The Labute approximate surface area is 190 Å². The molecule has 32 heavy (non-hydrogen) atoms. The van der Waals surface area contributed by atoms with Crippen LogP contribution in [0.1, 0.15) is 66.2 Å². The average molecular weight is 444 g/mol. The van der Waals surface area contributed by atoms with E-state index in [2.05, 4.69) is 26.8 Å². The van der Waals surface area contributed by atoms with Gasteiger partial charge in [-0.1, -0.05) is 38.8 Å². The number of aliphatic carboxylic acids is 1. The zero-order valence-corrected chi connectivity index (χ0v) is 19.8. The highest BCUT2D eigenvalue weighted by atomic mass is 16.4. The highest BCUT2D eigenvalue weighted by Crippen LogP contribution is 2.74. The molecule has 2 bridgehead atoms. The first-order valence-electron chi connectivity index (χ1n) is 12.4. The van der Waals surface area contributed by atoms with Crippen LogP contribution >= 0.6 is 0 Å².